The molecule has 18 nitrogen and oxygen atoms in total. The number of unbranched alkanes of at least 4 members (excludes halogenated alkanes) is 22. The summed E-state index contributed by atoms with van der Waals surface area (Å²) in [5.74, 6) is -1.30. The van der Waals surface area contributed by atoms with E-state index in [-0.39, 0.29) is 18.7 Å². The van der Waals surface area contributed by atoms with Gasteiger partial charge in [-0.15, -0.1) is 0 Å². The van der Waals surface area contributed by atoms with Crippen molar-refractivity contribution in [2.24, 2.45) is 0 Å². The van der Waals surface area contributed by atoms with Crippen molar-refractivity contribution in [3.05, 3.63) is 47.1 Å². The molecule has 1 saturated heterocycles. The first-order valence-electron chi connectivity index (χ1n) is 25.3. The Morgan fingerprint density at radius 2 is 1.19 bits per heavy atom. The average Bonchev–Trinajstić information content (AvgIpc) is 3.57. The Kier molecular flexibility index (Phi) is 33.5. The number of nitrogens with two attached hydrogens (primary N) is 1. The van der Waals surface area contributed by atoms with E-state index in [2.05, 4.69) is 47.4 Å². The van der Waals surface area contributed by atoms with Crippen LogP contribution >= 0.6 is 15.6 Å². The van der Waals surface area contributed by atoms with Gasteiger partial charge in [-0.1, -0.05) is 160 Å². The molecule has 3 unspecified atom stereocenters. The SMILES string of the molecule is CCCCCC=CCC=CCCCCCCCC(=O)O[C@H](COC(=O)CCCCCCCCCCCCCCCCC)COP(=O)(O)OP(=O)(O)OC[C@H]1O[C@@H](n2ccc(N)nc2=O)C(O)[C@H]1O. The molecule has 392 valence electrons. The summed E-state index contributed by atoms with van der Waals surface area (Å²) in [5.41, 5.74) is 4.59. The summed E-state index contributed by atoms with van der Waals surface area (Å²) in [6, 6.07) is 1.25. The van der Waals surface area contributed by atoms with Crippen molar-refractivity contribution in [3.8, 4) is 0 Å². The number of aliphatic hydroxyl groups excluding tert-OH is 2. The molecule has 1 aliphatic heterocycles. The number of allylic oxidation sites excluding steroid dienone is 4. The number of ether oxygens (including phenoxy) is 3. The second-order valence-corrected chi connectivity index (χ2v) is 20.7. The third-order valence-electron chi connectivity index (χ3n) is 11.5. The van der Waals surface area contributed by atoms with Crippen molar-refractivity contribution < 1.29 is 66.3 Å². The van der Waals surface area contributed by atoms with Crippen LogP contribution in [0.4, 0.5) is 5.82 Å². The summed E-state index contributed by atoms with van der Waals surface area (Å²) >= 11 is 0. The highest BCUT2D eigenvalue weighted by atomic mass is 31.3. The maximum atomic E-state index is 12.8. The zero-order valence-corrected chi connectivity index (χ0v) is 42.7. The van der Waals surface area contributed by atoms with E-state index in [1.54, 1.807) is 0 Å². The predicted molar refractivity (Wildman–Crippen MR) is 261 cm³/mol. The number of hydrogen-bond acceptors (Lipinski definition) is 15. The highest BCUT2D eigenvalue weighted by molar-refractivity contribution is 7.61. The molecule has 0 saturated carbocycles. The summed E-state index contributed by atoms with van der Waals surface area (Å²) in [6.07, 6.45) is 31.1. The Morgan fingerprint density at radius 3 is 1.75 bits per heavy atom. The zero-order chi connectivity index (χ0) is 49.9. The molecule has 68 heavy (non-hydrogen) atoms. The smallest absolute Gasteiger partial charge is 0.462 e. The predicted octanol–water partition coefficient (Wildman–Crippen LogP) is 10.2. The minimum absolute atomic E-state index is 0.0369. The molecule has 1 aliphatic rings. The number of hydrogen-bond donors (Lipinski definition) is 5. The molecular formula is C48H85N3O15P2. The number of rotatable bonds is 42. The van der Waals surface area contributed by atoms with Gasteiger partial charge in [-0.05, 0) is 51.0 Å². The highest BCUT2D eigenvalue weighted by Gasteiger charge is 2.46. The summed E-state index contributed by atoms with van der Waals surface area (Å²) in [4.78, 5) is 61.9. The van der Waals surface area contributed by atoms with Gasteiger partial charge in [0.15, 0.2) is 12.3 Å². The van der Waals surface area contributed by atoms with E-state index in [1.807, 2.05) is 0 Å². The lowest BCUT2D eigenvalue weighted by atomic mass is 10.0. The van der Waals surface area contributed by atoms with Crippen LogP contribution in [0.3, 0.4) is 0 Å². The first kappa shape index (κ1) is 61.4. The number of nitrogens with zero attached hydrogens (tertiary/aromatic N) is 2. The van der Waals surface area contributed by atoms with Gasteiger partial charge in [0.1, 0.15) is 30.7 Å². The minimum atomic E-state index is -5.42. The molecule has 0 spiro atoms. The first-order chi connectivity index (χ1) is 32.7. The van der Waals surface area contributed by atoms with Crippen LogP contribution in [0.2, 0.25) is 0 Å². The Hall–Kier alpha value is -2.76. The Balaban J connectivity index is 1.81. The van der Waals surface area contributed by atoms with Gasteiger partial charge in [-0.3, -0.25) is 23.2 Å². The first-order valence-corrected chi connectivity index (χ1v) is 28.3. The van der Waals surface area contributed by atoms with Gasteiger partial charge in [0.25, 0.3) is 0 Å². The number of nitrogen functional groups attached to an aromatic ring is 1. The van der Waals surface area contributed by atoms with Crippen molar-refractivity contribution in [1.82, 2.24) is 9.55 Å². The number of esters is 2. The third-order valence-corrected chi connectivity index (χ3v) is 14.1. The summed E-state index contributed by atoms with van der Waals surface area (Å²) in [6.45, 7) is 2.13. The zero-order valence-electron chi connectivity index (χ0n) is 40.9. The largest absolute Gasteiger partial charge is 0.481 e. The summed E-state index contributed by atoms with van der Waals surface area (Å²) in [7, 11) is -10.8. The van der Waals surface area contributed by atoms with Crippen LogP contribution in [0.5, 0.6) is 0 Å². The third kappa shape index (κ3) is 29.4. The van der Waals surface area contributed by atoms with Crippen molar-refractivity contribution in [2.75, 3.05) is 25.6 Å². The number of aliphatic hydroxyl groups is 2. The second kappa shape index (κ2) is 37.1. The molecule has 0 amide bonds. The fourth-order valence-corrected chi connectivity index (χ4v) is 9.69. The van der Waals surface area contributed by atoms with E-state index >= 15 is 0 Å². The lowest BCUT2D eigenvalue weighted by molar-refractivity contribution is -0.161. The van der Waals surface area contributed by atoms with E-state index in [0.717, 1.165) is 75.2 Å². The number of phosphoric ester groups is 2. The van der Waals surface area contributed by atoms with Gasteiger partial charge >= 0.3 is 33.3 Å². The standard InChI is InChI=1S/C48H85N3O15P2/c1-3-5-7-9-11-13-15-17-19-21-23-25-27-29-31-33-43(52)61-37-40(64-44(53)34-32-30-28-26-24-22-20-18-16-14-12-10-8-6-4-2)38-62-67(57,58)66-68(59,60)63-39-41-45(54)46(55)47(65-41)51-36-35-42(49)50-48(51)56/h12,14,18,20,35-36,40-41,45-47,54-55H,3-11,13,15-17,19,21-34,37-39H2,1-2H3,(H,57,58)(H,59,60)(H2,49,50,56)/t40-,41-,45+,46?,47-/m1/s1. The van der Waals surface area contributed by atoms with E-state index in [4.69, 9.17) is 29.0 Å². The van der Waals surface area contributed by atoms with Crippen LogP contribution in [-0.2, 0) is 46.3 Å². The van der Waals surface area contributed by atoms with Crippen LogP contribution < -0.4 is 11.4 Å². The van der Waals surface area contributed by atoms with Crippen LogP contribution in [0.25, 0.3) is 0 Å². The molecule has 0 aromatic carbocycles. The van der Waals surface area contributed by atoms with Gasteiger partial charge < -0.3 is 39.9 Å². The van der Waals surface area contributed by atoms with Crippen molar-refractivity contribution >= 4 is 33.4 Å². The number of anilines is 1. The second-order valence-electron chi connectivity index (χ2n) is 17.7. The van der Waals surface area contributed by atoms with Crippen LogP contribution in [0.15, 0.2) is 41.4 Å². The molecular weight excluding hydrogens is 920 g/mol. The molecule has 7 atom stereocenters. The number of aromatic nitrogens is 2. The Labute approximate surface area is 405 Å². The Morgan fingerprint density at radius 1 is 0.706 bits per heavy atom. The number of carbonyl (C=O) groups is 2. The van der Waals surface area contributed by atoms with E-state index in [0.29, 0.717) is 12.8 Å². The highest BCUT2D eigenvalue weighted by Crippen LogP contribution is 2.60. The number of phosphoric acid groups is 2. The fourth-order valence-electron chi connectivity index (χ4n) is 7.58. The van der Waals surface area contributed by atoms with E-state index in [1.165, 1.54) is 95.7 Å². The van der Waals surface area contributed by atoms with Crippen molar-refractivity contribution in [1.29, 1.82) is 0 Å². The van der Waals surface area contributed by atoms with E-state index < -0.39 is 83.7 Å². The van der Waals surface area contributed by atoms with Gasteiger partial charge in [-0.25, -0.2) is 13.9 Å². The topological polar surface area (TPSA) is 265 Å². The summed E-state index contributed by atoms with van der Waals surface area (Å²) < 4.78 is 56.8. The molecule has 6 N–H and O–H groups in total. The molecule has 2 heterocycles. The molecule has 1 fully saturated rings. The van der Waals surface area contributed by atoms with E-state index in [9.17, 15) is 43.5 Å². The molecule has 0 aliphatic carbocycles. The monoisotopic (exact) mass is 1010 g/mol. The quantitative estimate of drug-likeness (QED) is 0.0176. The average molecular weight is 1010 g/mol. The lowest BCUT2D eigenvalue weighted by Crippen LogP contribution is -2.36. The normalized spacial score (nSPS) is 19.6. The fraction of sp³-hybridized carbons (Fsp3) is 0.792. The van der Waals surface area contributed by atoms with Gasteiger partial charge in [0, 0.05) is 19.0 Å². The molecule has 0 bridgehead atoms. The molecule has 0 radical (unpaired) electrons. The molecule has 1 aromatic rings. The molecule has 1 aromatic heterocycles. The van der Waals surface area contributed by atoms with Gasteiger partial charge in [-0.2, -0.15) is 9.29 Å². The van der Waals surface area contributed by atoms with Crippen molar-refractivity contribution in [2.45, 2.75) is 224 Å². The maximum Gasteiger partial charge on any atom is 0.481 e. The lowest BCUT2D eigenvalue weighted by Gasteiger charge is -2.21. The van der Waals surface area contributed by atoms with Crippen LogP contribution in [0, 0.1) is 0 Å². The summed E-state index contributed by atoms with van der Waals surface area (Å²) in [5, 5.41) is 20.9. The van der Waals surface area contributed by atoms with Crippen molar-refractivity contribution in [3.63, 3.8) is 0 Å². The molecule has 20 heteroatoms. The Bertz CT molecular complexity index is 1730. The van der Waals surface area contributed by atoms with Crippen LogP contribution in [0.1, 0.15) is 200 Å². The van der Waals surface area contributed by atoms with Gasteiger partial charge in [0.05, 0.1) is 13.2 Å². The minimum Gasteiger partial charge on any atom is -0.462 e. The van der Waals surface area contributed by atoms with Crippen LogP contribution in [-0.4, -0.2) is 85.7 Å². The van der Waals surface area contributed by atoms with Gasteiger partial charge in [0.2, 0.25) is 0 Å². The number of carbonyl (C=O) groups excluding carboxylic acids is 2. The maximum absolute atomic E-state index is 12.8. The molecule has 2 rings (SSSR count).